The molecule has 1 aromatic heterocycles. The number of hydrogen-bond acceptors (Lipinski definition) is 5. The third-order valence-corrected chi connectivity index (χ3v) is 2.40. The van der Waals surface area contributed by atoms with Gasteiger partial charge < -0.3 is 10.4 Å². The van der Waals surface area contributed by atoms with Gasteiger partial charge in [0, 0.05) is 12.1 Å². The number of pyridine rings is 1. The summed E-state index contributed by atoms with van der Waals surface area (Å²) in [5, 5.41) is 22.9. The van der Waals surface area contributed by atoms with Crippen LogP contribution in [0.3, 0.4) is 0 Å². The molecule has 0 fully saturated rings. The topological polar surface area (TPSA) is 88.3 Å². The van der Waals surface area contributed by atoms with E-state index < -0.39 is 11.0 Å². The highest BCUT2D eigenvalue weighted by molar-refractivity contribution is 6.33. The van der Waals surface area contributed by atoms with Crippen LogP contribution in [-0.2, 0) is 0 Å². The largest absolute Gasteiger partial charge is 0.393 e. The molecule has 0 aliphatic heterocycles. The molecule has 0 spiro atoms. The van der Waals surface area contributed by atoms with E-state index in [4.69, 9.17) is 11.6 Å². The number of rotatable bonds is 5. The van der Waals surface area contributed by atoms with Crippen LogP contribution in [0.25, 0.3) is 0 Å². The molecule has 1 heterocycles. The van der Waals surface area contributed by atoms with E-state index in [2.05, 4.69) is 10.3 Å². The van der Waals surface area contributed by atoms with Crippen molar-refractivity contribution < 1.29 is 10.0 Å². The van der Waals surface area contributed by atoms with Crippen molar-refractivity contribution in [2.75, 3.05) is 5.32 Å². The molecule has 0 amide bonds. The van der Waals surface area contributed by atoms with Crippen molar-refractivity contribution in [3.05, 3.63) is 27.4 Å². The molecule has 94 valence electrons. The minimum absolute atomic E-state index is 0.0264. The zero-order valence-corrected chi connectivity index (χ0v) is 10.3. The normalized spacial score (nSPS) is 14.1. The van der Waals surface area contributed by atoms with E-state index in [1.54, 1.807) is 6.92 Å². The molecule has 0 radical (unpaired) electrons. The van der Waals surface area contributed by atoms with Gasteiger partial charge in [-0.15, -0.1) is 0 Å². The summed E-state index contributed by atoms with van der Waals surface area (Å²) in [6, 6.07) is 1.22. The van der Waals surface area contributed by atoms with Crippen LogP contribution in [0.5, 0.6) is 0 Å². The molecule has 0 aliphatic carbocycles. The number of nitrogens with zero attached hydrogens (tertiary/aromatic N) is 2. The van der Waals surface area contributed by atoms with Crippen LogP contribution >= 0.6 is 11.6 Å². The number of aliphatic hydroxyl groups is 1. The third kappa shape index (κ3) is 4.16. The van der Waals surface area contributed by atoms with Gasteiger partial charge in [-0.2, -0.15) is 0 Å². The highest BCUT2D eigenvalue weighted by Gasteiger charge is 2.13. The second kappa shape index (κ2) is 5.79. The maximum Gasteiger partial charge on any atom is 0.289 e. The highest BCUT2D eigenvalue weighted by Crippen LogP contribution is 2.24. The van der Waals surface area contributed by atoms with E-state index in [9.17, 15) is 15.2 Å². The monoisotopic (exact) mass is 259 g/mol. The van der Waals surface area contributed by atoms with Crippen LogP contribution in [-0.4, -0.2) is 27.2 Å². The fourth-order valence-electron chi connectivity index (χ4n) is 1.44. The smallest absolute Gasteiger partial charge is 0.289 e. The van der Waals surface area contributed by atoms with E-state index in [0.29, 0.717) is 12.2 Å². The Morgan fingerprint density at radius 2 is 2.29 bits per heavy atom. The predicted octanol–water partition coefficient (Wildman–Crippen LogP) is 2.21. The lowest BCUT2D eigenvalue weighted by molar-refractivity contribution is -0.385. The maximum atomic E-state index is 10.5. The second-order valence-corrected chi connectivity index (χ2v) is 4.32. The highest BCUT2D eigenvalue weighted by atomic mass is 35.5. The van der Waals surface area contributed by atoms with Crippen LogP contribution in [0, 0.1) is 10.1 Å². The van der Waals surface area contributed by atoms with Gasteiger partial charge in [0.25, 0.3) is 5.69 Å². The molecule has 0 saturated carbocycles. The average molecular weight is 260 g/mol. The number of nitrogens with one attached hydrogen (secondary N) is 1. The SMILES string of the molecule is CC(O)CC(C)Nc1ncc([N+](=O)[O-])cc1Cl. The van der Waals surface area contributed by atoms with E-state index >= 15 is 0 Å². The van der Waals surface area contributed by atoms with Gasteiger partial charge in [-0.1, -0.05) is 11.6 Å². The fraction of sp³-hybridized carbons (Fsp3) is 0.500. The van der Waals surface area contributed by atoms with Gasteiger partial charge in [0.05, 0.1) is 16.0 Å². The van der Waals surface area contributed by atoms with Crippen molar-refractivity contribution in [3.8, 4) is 0 Å². The summed E-state index contributed by atoms with van der Waals surface area (Å²) >= 11 is 5.86. The molecule has 1 rings (SSSR count). The lowest BCUT2D eigenvalue weighted by atomic mass is 10.1. The van der Waals surface area contributed by atoms with Crippen LogP contribution < -0.4 is 5.32 Å². The Bertz CT molecular complexity index is 412. The Hall–Kier alpha value is -1.40. The quantitative estimate of drug-likeness (QED) is 0.625. The summed E-state index contributed by atoms with van der Waals surface area (Å²) < 4.78 is 0. The van der Waals surface area contributed by atoms with Crippen molar-refractivity contribution >= 4 is 23.1 Å². The number of hydrogen-bond donors (Lipinski definition) is 2. The van der Waals surface area contributed by atoms with Crippen molar-refractivity contribution in [3.63, 3.8) is 0 Å². The molecule has 1 aromatic rings. The Labute approximate surface area is 104 Å². The first-order valence-corrected chi connectivity index (χ1v) is 5.52. The second-order valence-electron chi connectivity index (χ2n) is 3.91. The molecule has 0 saturated heterocycles. The predicted molar refractivity (Wildman–Crippen MR) is 65.3 cm³/mol. The van der Waals surface area contributed by atoms with Crippen molar-refractivity contribution in [1.29, 1.82) is 0 Å². The zero-order valence-electron chi connectivity index (χ0n) is 9.55. The molecule has 2 unspecified atom stereocenters. The van der Waals surface area contributed by atoms with Gasteiger partial charge >= 0.3 is 0 Å². The van der Waals surface area contributed by atoms with E-state index in [1.807, 2.05) is 6.92 Å². The van der Waals surface area contributed by atoms with Gasteiger partial charge in [-0.25, -0.2) is 4.98 Å². The lowest BCUT2D eigenvalue weighted by Gasteiger charge is -2.16. The summed E-state index contributed by atoms with van der Waals surface area (Å²) in [6.45, 7) is 3.55. The number of aromatic nitrogens is 1. The molecular formula is C10H14ClN3O3. The van der Waals surface area contributed by atoms with E-state index in [0.717, 1.165) is 6.20 Å². The van der Waals surface area contributed by atoms with Crippen molar-refractivity contribution in [2.45, 2.75) is 32.4 Å². The summed E-state index contributed by atoms with van der Waals surface area (Å²) in [4.78, 5) is 13.8. The molecule has 7 heteroatoms. The van der Waals surface area contributed by atoms with Gasteiger partial charge in [-0.3, -0.25) is 10.1 Å². The summed E-state index contributed by atoms with van der Waals surface area (Å²) in [7, 11) is 0. The Morgan fingerprint density at radius 3 is 2.76 bits per heavy atom. The van der Waals surface area contributed by atoms with Gasteiger partial charge in [0.1, 0.15) is 12.0 Å². The number of nitro groups is 1. The van der Waals surface area contributed by atoms with Crippen LogP contribution in [0.15, 0.2) is 12.3 Å². The molecule has 2 atom stereocenters. The van der Waals surface area contributed by atoms with Crippen LogP contribution in [0.1, 0.15) is 20.3 Å². The lowest BCUT2D eigenvalue weighted by Crippen LogP contribution is -2.21. The van der Waals surface area contributed by atoms with Crippen LogP contribution in [0.4, 0.5) is 11.5 Å². The van der Waals surface area contributed by atoms with Crippen molar-refractivity contribution in [1.82, 2.24) is 4.98 Å². The molecular weight excluding hydrogens is 246 g/mol. The standard InChI is InChI=1S/C10H14ClN3O3/c1-6(3-7(2)15)13-10-9(11)4-8(5-12-10)14(16)17/h4-7,15H,3H2,1-2H3,(H,12,13). The van der Waals surface area contributed by atoms with E-state index in [1.165, 1.54) is 6.07 Å². The molecule has 0 aromatic carbocycles. The Kier molecular flexibility index (Phi) is 4.65. The van der Waals surface area contributed by atoms with Gasteiger partial charge in [0.2, 0.25) is 0 Å². The first-order valence-electron chi connectivity index (χ1n) is 5.14. The molecule has 0 aliphatic rings. The minimum atomic E-state index is -0.554. The van der Waals surface area contributed by atoms with Gasteiger partial charge in [0.15, 0.2) is 0 Å². The minimum Gasteiger partial charge on any atom is -0.393 e. The Balaban J connectivity index is 2.75. The van der Waals surface area contributed by atoms with Crippen LogP contribution in [0.2, 0.25) is 5.02 Å². The van der Waals surface area contributed by atoms with Crippen molar-refractivity contribution in [2.24, 2.45) is 0 Å². The molecule has 2 N–H and O–H groups in total. The van der Waals surface area contributed by atoms with E-state index in [-0.39, 0.29) is 16.8 Å². The van der Waals surface area contributed by atoms with Gasteiger partial charge in [-0.05, 0) is 20.3 Å². The first-order chi connectivity index (χ1) is 7.90. The summed E-state index contributed by atoms with van der Waals surface area (Å²) in [6.07, 6.45) is 1.24. The Morgan fingerprint density at radius 1 is 1.65 bits per heavy atom. The summed E-state index contributed by atoms with van der Waals surface area (Å²) in [5.41, 5.74) is -0.149. The summed E-state index contributed by atoms with van der Waals surface area (Å²) in [5.74, 6) is 0.380. The number of anilines is 1. The molecule has 0 bridgehead atoms. The molecule has 6 nitrogen and oxygen atoms in total. The third-order valence-electron chi connectivity index (χ3n) is 2.12. The fourth-order valence-corrected chi connectivity index (χ4v) is 1.65. The first kappa shape index (κ1) is 13.7. The zero-order chi connectivity index (χ0) is 13.0. The number of halogens is 1. The maximum absolute atomic E-state index is 10.5. The average Bonchev–Trinajstić information content (AvgIpc) is 2.19. The molecule has 17 heavy (non-hydrogen) atoms. The number of aliphatic hydroxyl groups excluding tert-OH is 1.